The molecule has 19 heavy (non-hydrogen) atoms. The maximum atomic E-state index is 11.7. The Morgan fingerprint density at radius 3 is 2.84 bits per heavy atom. The van der Waals surface area contributed by atoms with Crippen molar-refractivity contribution in [3.05, 3.63) is 33.1 Å². The Morgan fingerprint density at radius 2 is 2.32 bits per heavy atom. The average Bonchev–Trinajstić information content (AvgIpc) is 2.63. The molecule has 1 aromatic rings. The third-order valence-electron chi connectivity index (χ3n) is 2.97. The van der Waals surface area contributed by atoms with E-state index in [0.717, 1.165) is 16.8 Å². The van der Waals surface area contributed by atoms with E-state index in [2.05, 4.69) is 5.92 Å². The average molecular weight is 378 g/mol. The van der Waals surface area contributed by atoms with Crippen LogP contribution < -0.4 is 11.2 Å². The van der Waals surface area contributed by atoms with Crippen molar-refractivity contribution in [1.82, 2.24) is 9.55 Å². The van der Waals surface area contributed by atoms with Crippen LogP contribution in [0.1, 0.15) is 6.23 Å². The van der Waals surface area contributed by atoms with Gasteiger partial charge in [0, 0.05) is 16.7 Å². The number of aromatic amines is 1. The summed E-state index contributed by atoms with van der Waals surface area (Å²) < 4.78 is 6.77. The quantitative estimate of drug-likeness (QED) is 0.334. The highest BCUT2D eigenvalue weighted by atomic mass is 127. The number of halogens is 1. The molecule has 4 atom stereocenters. The van der Waals surface area contributed by atoms with Crippen LogP contribution in [0.4, 0.5) is 0 Å². The number of alkyl halides is 1. The number of hydrogen-bond donors (Lipinski definition) is 3. The Balaban J connectivity index is 2.52. The molecule has 0 aromatic carbocycles. The van der Waals surface area contributed by atoms with Crippen molar-refractivity contribution in [3.8, 4) is 12.3 Å². The van der Waals surface area contributed by atoms with Gasteiger partial charge in [-0.15, -0.1) is 6.42 Å². The van der Waals surface area contributed by atoms with Gasteiger partial charge in [0.1, 0.15) is 6.10 Å². The molecule has 1 aliphatic rings. The second-order valence-corrected chi connectivity index (χ2v) is 4.99. The van der Waals surface area contributed by atoms with Crippen molar-refractivity contribution in [2.45, 2.75) is 24.0 Å². The van der Waals surface area contributed by atoms with E-state index in [1.54, 1.807) is 0 Å². The Bertz CT molecular complexity index is 633. The van der Waals surface area contributed by atoms with Crippen LogP contribution in [0.5, 0.6) is 0 Å². The van der Waals surface area contributed by atoms with Crippen LogP contribution in [-0.2, 0) is 4.74 Å². The van der Waals surface area contributed by atoms with Gasteiger partial charge in [0.2, 0.25) is 0 Å². The first-order chi connectivity index (χ1) is 8.93. The third-order valence-corrected chi connectivity index (χ3v) is 3.84. The molecule has 0 unspecified atom stereocenters. The molecule has 1 saturated heterocycles. The lowest BCUT2D eigenvalue weighted by atomic mass is 9.95. The summed E-state index contributed by atoms with van der Waals surface area (Å²) in [6.45, 7) is 0. The van der Waals surface area contributed by atoms with Gasteiger partial charge < -0.3 is 14.9 Å². The molecule has 0 spiro atoms. The Kier molecular flexibility index (Phi) is 3.82. The number of hydrogen-bond acceptors (Lipinski definition) is 5. The molecule has 102 valence electrons. The number of terminal acetylenes is 1. The summed E-state index contributed by atoms with van der Waals surface area (Å²) in [7, 11) is 0. The van der Waals surface area contributed by atoms with E-state index in [1.165, 1.54) is 0 Å². The van der Waals surface area contributed by atoms with Gasteiger partial charge in [0.25, 0.3) is 5.56 Å². The van der Waals surface area contributed by atoms with Gasteiger partial charge in [-0.3, -0.25) is 14.3 Å². The molecule has 0 aliphatic carbocycles. The molecule has 0 bridgehead atoms. The number of aliphatic hydroxyl groups excluding tert-OH is 1. The number of aromatic nitrogens is 2. The number of rotatable bonds is 2. The van der Waals surface area contributed by atoms with Crippen molar-refractivity contribution in [3.63, 3.8) is 0 Å². The molecular weight excluding hydrogens is 367 g/mol. The molecule has 0 saturated carbocycles. The van der Waals surface area contributed by atoms with E-state index >= 15 is 0 Å². The van der Waals surface area contributed by atoms with Crippen molar-refractivity contribution >= 4 is 22.6 Å². The molecule has 0 radical (unpaired) electrons. The fourth-order valence-corrected chi connectivity index (χ4v) is 2.63. The first kappa shape index (κ1) is 14.3. The number of nitrogens with one attached hydrogen (secondary N) is 1. The highest BCUT2D eigenvalue weighted by molar-refractivity contribution is 14.1. The van der Waals surface area contributed by atoms with E-state index in [1.807, 2.05) is 27.6 Å². The van der Waals surface area contributed by atoms with Crippen LogP contribution in [-0.4, -0.2) is 42.0 Å². The van der Waals surface area contributed by atoms with Crippen molar-refractivity contribution < 1.29 is 14.9 Å². The highest BCUT2D eigenvalue weighted by Crippen LogP contribution is 2.37. The van der Waals surface area contributed by atoms with Crippen molar-refractivity contribution in [2.24, 2.45) is 0 Å². The molecule has 2 rings (SSSR count). The zero-order chi connectivity index (χ0) is 14.2. The summed E-state index contributed by atoms with van der Waals surface area (Å²) in [5.74, 6) is 2.07. The van der Waals surface area contributed by atoms with Crippen LogP contribution in [0.15, 0.2) is 21.9 Å². The normalized spacial score (nSPS) is 34.1. The van der Waals surface area contributed by atoms with E-state index < -0.39 is 35.3 Å². The van der Waals surface area contributed by atoms with Crippen LogP contribution >= 0.6 is 22.6 Å². The molecular formula is C11H11IN2O5. The zero-order valence-corrected chi connectivity index (χ0v) is 11.8. The number of H-pyrrole nitrogens is 1. The van der Waals surface area contributed by atoms with E-state index in [9.17, 15) is 19.8 Å². The largest absolute Gasteiger partial charge is 0.386 e. The lowest BCUT2D eigenvalue weighted by Crippen LogP contribution is -2.47. The molecule has 1 fully saturated rings. The van der Waals surface area contributed by atoms with Crippen molar-refractivity contribution in [2.75, 3.05) is 4.43 Å². The fourth-order valence-electron chi connectivity index (χ4n) is 1.94. The van der Waals surface area contributed by atoms with Gasteiger partial charge in [-0.1, -0.05) is 28.5 Å². The predicted octanol–water partition coefficient (Wildman–Crippen LogP) is -1.41. The number of aliphatic hydroxyl groups is 2. The monoisotopic (exact) mass is 378 g/mol. The lowest BCUT2D eigenvalue weighted by Gasteiger charge is -2.26. The molecule has 3 N–H and O–H groups in total. The Labute approximate surface area is 121 Å². The third kappa shape index (κ3) is 2.23. The molecule has 0 amide bonds. The standard InChI is InChI=1S/C11H11IN2O5/c1-2-11(18)8(16)6(5-12)19-9(11)14-4-3-7(15)13-10(14)17/h1,3-4,6,8-9,16,18H,5H2,(H,13,15,17)/t6-,8-,9-,11-/m1/s1. The summed E-state index contributed by atoms with van der Waals surface area (Å²) in [5.41, 5.74) is -3.38. The summed E-state index contributed by atoms with van der Waals surface area (Å²) in [6, 6.07) is 1.10. The first-order valence-corrected chi connectivity index (χ1v) is 6.87. The minimum absolute atomic E-state index is 0.386. The highest BCUT2D eigenvalue weighted by Gasteiger charge is 2.55. The number of nitrogens with zero attached hydrogens (tertiary/aromatic N) is 1. The smallest absolute Gasteiger partial charge is 0.330 e. The van der Waals surface area contributed by atoms with Gasteiger partial charge in [0.15, 0.2) is 11.8 Å². The second kappa shape index (κ2) is 5.09. The predicted molar refractivity (Wildman–Crippen MR) is 73.9 cm³/mol. The summed E-state index contributed by atoms with van der Waals surface area (Å²) in [6.07, 6.45) is 3.14. The second-order valence-electron chi connectivity index (χ2n) is 4.11. The minimum Gasteiger partial charge on any atom is -0.386 e. The van der Waals surface area contributed by atoms with E-state index in [-0.39, 0.29) is 0 Å². The lowest BCUT2D eigenvalue weighted by molar-refractivity contribution is -0.0710. The van der Waals surface area contributed by atoms with Crippen molar-refractivity contribution in [1.29, 1.82) is 0 Å². The van der Waals surface area contributed by atoms with Gasteiger partial charge in [-0.25, -0.2) is 4.79 Å². The van der Waals surface area contributed by atoms with E-state index in [4.69, 9.17) is 11.2 Å². The maximum Gasteiger partial charge on any atom is 0.330 e. The molecule has 8 heteroatoms. The Hall–Kier alpha value is -1.15. The number of ether oxygens (including phenoxy) is 1. The van der Waals surface area contributed by atoms with Gasteiger partial charge in [-0.05, 0) is 0 Å². The van der Waals surface area contributed by atoms with Crippen LogP contribution in [0, 0.1) is 12.3 Å². The first-order valence-electron chi connectivity index (χ1n) is 5.35. The van der Waals surface area contributed by atoms with Crippen LogP contribution in [0.25, 0.3) is 0 Å². The summed E-state index contributed by atoms with van der Waals surface area (Å²) in [4.78, 5) is 24.7. The van der Waals surface area contributed by atoms with Crippen LogP contribution in [0.3, 0.4) is 0 Å². The van der Waals surface area contributed by atoms with Gasteiger partial charge in [-0.2, -0.15) is 0 Å². The molecule has 1 aromatic heterocycles. The SMILES string of the molecule is C#C[C@@]1(O)[C@H](O)[C@@H](CI)O[C@H]1n1ccc(=O)[nH]c1=O. The maximum absolute atomic E-state index is 11.7. The van der Waals surface area contributed by atoms with Gasteiger partial charge in [0.05, 0.1) is 6.10 Å². The molecule has 1 aliphatic heterocycles. The summed E-state index contributed by atoms with van der Waals surface area (Å²) in [5, 5.41) is 20.3. The Morgan fingerprint density at radius 1 is 1.63 bits per heavy atom. The van der Waals surface area contributed by atoms with Gasteiger partial charge >= 0.3 is 5.69 Å². The minimum atomic E-state index is -2.03. The van der Waals surface area contributed by atoms with Crippen LogP contribution in [0.2, 0.25) is 0 Å². The molecule has 2 heterocycles. The zero-order valence-electron chi connectivity index (χ0n) is 9.62. The van der Waals surface area contributed by atoms with E-state index in [0.29, 0.717) is 4.43 Å². The molecule has 7 nitrogen and oxygen atoms in total. The fraction of sp³-hybridized carbons (Fsp3) is 0.455. The topological polar surface area (TPSA) is 105 Å². The summed E-state index contributed by atoms with van der Waals surface area (Å²) >= 11 is 1.97.